The molecular formula is C17H16N4O. The first kappa shape index (κ1) is 14.0. The van der Waals surface area contributed by atoms with E-state index in [1.165, 1.54) is 11.1 Å². The minimum Gasteiger partial charge on any atom is -0.321 e. The summed E-state index contributed by atoms with van der Waals surface area (Å²) in [7, 11) is 0. The van der Waals surface area contributed by atoms with Crippen LogP contribution in [0.15, 0.2) is 55.0 Å². The number of nitrogens with one attached hydrogen (secondary N) is 2. The van der Waals surface area contributed by atoms with Crippen molar-refractivity contribution in [1.82, 2.24) is 15.2 Å². The number of benzene rings is 1. The van der Waals surface area contributed by atoms with E-state index in [2.05, 4.69) is 20.5 Å². The average molecular weight is 292 g/mol. The van der Waals surface area contributed by atoms with Crippen molar-refractivity contribution in [3.05, 3.63) is 77.4 Å². The second-order valence-electron chi connectivity index (χ2n) is 5.11. The van der Waals surface area contributed by atoms with Crippen LogP contribution in [0.2, 0.25) is 0 Å². The van der Waals surface area contributed by atoms with Gasteiger partial charge in [0.05, 0.1) is 6.20 Å². The topological polar surface area (TPSA) is 70.7 Å². The predicted molar refractivity (Wildman–Crippen MR) is 84.8 cm³/mol. The van der Waals surface area contributed by atoms with Crippen molar-refractivity contribution in [2.24, 2.45) is 0 Å². The lowest BCUT2D eigenvalue weighted by atomic mass is 10.1. The molecule has 0 atom stereocenters. The molecule has 0 aliphatic heterocycles. The Bertz CT molecular complexity index is 763. The Balaban J connectivity index is 1.67. The van der Waals surface area contributed by atoms with Gasteiger partial charge in [-0.2, -0.15) is 5.10 Å². The minimum atomic E-state index is -0.183. The van der Waals surface area contributed by atoms with Gasteiger partial charge < -0.3 is 5.32 Å². The molecule has 0 radical (unpaired) electrons. The third kappa shape index (κ3) is 3.20. The maximum atomic E-state index is 12.1. The van der Waals surface area contributed by atoms with E-state index in [-0.39, 0.29) is 5.91 Å². The van der Waals surface area contributed by atoms with Crippen molar-refractivity contribution in [3.8, 4) is 0 Å². The van der Waals surface area contributed by atoms with Crippen LogP contribution in [-0.4, -0.2) is 21.1 Å². The lowest BCUT2D eigenvalue weighted by molar-refractivity contribution is 0.102. The fourth-order valence-corrected chi connectivity index (χ4v) is 2.21. The Kier molecular flexibility index (Phi) is 3.96. The van der Waals surface area contributed by atoms with Crippen LogP contribution in [0.3, 0.4) is 0 Å². The van der Waals surface area contributed by atoms with Gasteiger partial charge in [-0.3, -0.25) is 14.9 Å². The molecule has 0 aliphatic carbocycles. The monoisotopic (exact) mass is 292 g/mol. The molecule has 22 heavy (non-hydrogen) atoms. The number of aromatic nitrogens is 3. The molecule has 0 saturated carbocycles. The molecule has 2 heterocycles. The van der Waals surface area contributed by atoms with E-state index in [9.17, 15) is 4.79 Å². The van der Waals surface area contributed by atoms with Crippen LogP contribution in [0.25, 0.3) is 0 Å². The zero-order valence-electron chi connectivity index (χ0n) is 12.2. The molecule has 0 spiro atoms. The number of hydrogen-bond acceptors (Lipinski definition) is 3. The lowest BCUT2D eigenvalue weighted by Gasteiger charge is -2.06. The summed E-state index contributed by atoms with van der Waals surface area (Å²) in [5.41, 5.74) is 4.46. The van der Waals surface area contributed by atoms with Gasteiger partial charge in [-0.15, -0.1) is 0 Å². The standard InChI is InChI=1S/C17H16N4O/c1-12-11-19-21-16(12)17(22)20-15-4-2-13(3-5-15)10-14-6-8-18-9-7-14/h2-9,11H,10H2,1H3,(H,19,21)(H,20,22). The Morgan fingerprint density at radius 2 is 1.77 bits per heavy atom. The molecule has 3 aromatic rings. The summed E-state index contributed by atoms with van der Waals surface area (Å²) in [6.07, 6.45) is 6.05. The van der Waals surface area contributed by atoms with Gasteiger partial charge >= 0.3 is 0 Å². The number of aryl methyl sites for hydroxylation is 1. The van der Waals surface area contributed by atoms with Gasteiger partial charge in [0.1, 0.15) is 5.69 Å². The first-order valence-electron chi connectivity index (χ1n) is 7.01. The van der Waals surface area contributed by atoms with Crippen LogP contribution >= 0.6 is 0 Å². The summed E-state index contributed by atoms with van der Waals surface area (Å²) >= 11 is 0. The van der Waals surface area contributed by atoms with Crippen LogP contribution < -0.4 is 5.32 Å². The normalized spacial score (nSPS) is 10.4. The molecule has 110 valence electrons. The number of carbonyl (C=O) groups is 1. The van der Waals surface area contributed by atoms with E-state index < -0.39 is 0 Å². The van der Waals surface area contributed by atoms with Crippen molar-refractivity contribution in [3.63, 3.8) is 0 Å². The molecule has 0 saturated heterocycles. The molecule has 5 nitrogen and oxygen atoms in total. The Morgan fingerprint density at radius 3 is 2.41 bits per heavy atom. The second kappa shape index (κ2) is 6.22. The third-order valence-electron chi connectivity index (χ3n) is 3.43. The van der Waals surface area contributed by atoms with Crippen molar-refractivity contribution < 1.29 is 4.79 Å². The summed E-state index contributed by atoms with van der Waals surface area (Å²) in [5, 5.41) is 9.41. The molecule has 0 aliphatic rings. The highest BCUT2D eigenvalue weighted by Crippen LogP contribution is 2.14. The molecule has 0 unspecified atom stereocenters. The van der Waals surface area contributed by atoms with Crippen LogP contribution in [0.4, 0.5) is 5.69 Å². The van der Waals surface area contributed by atoms with Crippen LogP contribution in [-0.2, 0) is 6.42 Å². The number of anilines is 1. The molecule has 0 fully saturated rings. The Hall–Kier alpha value is -2.95. The van der Waals surface area contributed by atoms with Crippen molar-refractivity contribution in [2.75, 3.05) is 5.32 Å². The van der Waals surface area contributed by atoms with E-state index in [4.69, 9.17) is 0 Å². The Morgan fingerprint density at radius 1 is 1.09 bits per heavy atom. The molecule has 2 N–H and O–H groups in total. The van der Waals surface area contributed by atoms with E-state index in [0.717, 1.165) is 17.7 Å². The number of H-pyrrole nitrogens is 1. The molecular weight excluding hydrogens is 276 g/mol. The van der Waals surface area contributed by atoms with Gasteiger partial charge in [-0.25, -0.2) is 0 Å². The fraction of sp³-hybridized carbons (Fsp3) is 0.118. The molecule has 5 heteroatoms. The summed E-state index contributed by atoms with van der Waals surface area (Å²) in [5.74, 6) is -0.183. The first-order chi connectivity index (χ1) is 10.7. The van der Waals surface area contributed by atoms with E-state index in [0.29, 0.717) is 5.69 Å². The van der Waals surface area contributed by atoms with Crippen molar-refractivity contribution >= 4 is 11.6 Å². The quantitative estimate of drug-likeness (QED) is 0.776. The molecule has 3 rings (SSSR count). The number of rotatable bonds is 4. The maximum Gasteiger partial charge on any atom is 0.273 e. The number of amides is 1. The van der Waals surface area contributed by atoms with Crippen molar-refractivity contribution in [1.29, 1.82) is 0 Å². The summed E-state index contributed by atoms with van der Waals surface area (Å²) in [6.45, 7) is 1.84. The van der Waals surface area contributed by atoms with Crippen LogP contribution in [0, 0.1) is 6.92 Å². The fourth-order valence-electron chi connectivity index (χ4n) is 2.21. The zero-order valence-corrected chi connectivity index (χ0v) is 12.2. The Labute approximate surface area is 128 Å². The van der Waals surface area contributed by atoms with Gasteiger partial charge in [0.2, 0.25) is 0 Å². The average Bonchev–Trinajstić information content (AvgIpc) is 2.96. The zero-order chi connectivity index (χ0) is 15.4. The lowest BCUT2D eigenvalue weighted by Crippen LogP contribution is -2.13. The molecule has 2 aromatic heterocycles. The van der Waals surface area contributed by atoms with E-state index >= 15 is 0 Å². The van der Waals surface area contributed by atoms with Gasteiger partial charge in [0, 0.05) is 18.1 Å². The highest BCUT2D eigenvalue weighted by Gasteiger charge is 2.10. The van der Waals surface area contributed by atoms with Gasteiger partial charge in [-0.05, 0) is 54.3 Å². The SMILES string of the molecule is Cc1cn[nH]c1C(=O)Nc1ccc(Cc2ccncc2)cc1. The summed E-state index contributed by atoms with van der Waals surface area (Å²) < 4.78 is 0. The van der Waals surface area contributed by atoms with Gasteiger partial charge in [0.25, 0.3) is 5.91 Å². The minimum absolute atomic E-state index is 0.183. The highest BCUT2D eigenvalue weighted by atomic mass is 16.1. The number of carbonyl (C=O) groups excluding carboxylic acids is 1. The van der Waals surface area contributed by atoms with Gasteiger partial charge in [-0.1, -0.05) is 12.1 Å². The first-order valence-corrected chi connectivity index (χ1v) is 7.01. The largest absolute Gasteiger partial charge is 0.321 e. The van der Waals surface area contributed by atoms with Crippen LogP contribution in [0.5, 0.6) is 0 Å². The smallest absolute Gasteiger partial charge is 0.273 e. The van der Waals surface area contributed by atoms with E-state index in [1.807, 2.05) is 43.3 Å². The number of hydrogen-bond donors (Lipinski definition) is 2. The van der Waals surface area contributed by atoms with Crippen molar-refractivity contribution in [2.45, 2.75) is 13.3 Å². The number of aromatic amines is 1. The third-order valence-corrected chi connectivity index (χ3v) is 3.43. The second-order valence-corrected chi connectivity index (χ2v) is 5.11. The van der Waals surface area contributed by atoms with Gasteiger partial charge in [0.15, 0.2) is 0 Å². The molecule has 0 bridgehead atoms. The molecule has 1 amide bonds. The van der Waals surface area contributed by atoms with Crippen LogP contribution in [0.1, 0.15) is 27.2 Å². The molecule has 1 aromatic carbocycles. The number of nitrogens with zero attached hydrogens (tertiary/aromatic N) is 2. The predicted octanol–water partition coefficient (Wildman–Crippen LogP) is 2.96. The summed E-state index contributed by atoms with van der Waals surface area (Å²) in [6, 6.07) is 11.8. The highest BCUT2D eigenvalue weighted by molar-refractivity contribution is 6.03. The van der Waals surface area contributed by atoms with E-state index in [1.54, 1.807) is 18.6 Å². The summed E-state index contributed by atoms with van der Waals surface area (Å²) in [4.78, 5) is 16.1. The number of pyridine rings is 1. The maximum absolute atomic E-state index is 12.1.